The summed E-state index contributed by atoms with van der Waals surface area (Å²) >= 11 is 8.02. The van der Waals surface area contributed by atoms with E-state index >= 15 is 0 Å². The third-order valence-electron chi connectivity index (χ3n) is 3.75. The van der Waals surface area contributed by atoms with E-state index in [-0.39, 0.29) is 10.7 Å². The summed E-state index contributed by atoms with van der Waals surface area (Å²) in [5.41, 5.74) is 0.498. The molecule has 2 N–H and O–H groups in total. The van der Waals surface area contributed by atoms with E-state index in [1.807, 2.05) is 17.8 Å². The first kappa shape index (κ1) is 18.9. The molecular formula is C17H25ClN4OS. The summed E-state index contributed by atoms with van der Waals surface area (Å²) in [6.45, 7) is 7.58. The molecule has 1 saturated heterocycles. The van der Waals surface area contributed by atoms with Crippen molar-refractivity contribution < 1.29 is 4.79 Å². The lowest BCUT2D eigenvalue weighted by molar-refractivity contribution is 0.0954. The molecular weight excluding hydrogens is 344 g/mol. The summed E-state index contributed by atoms with van der Waals surface area (Å²) in [4.78, 5) is 18.7. The zero-order valence-electron chi connectivity index (χ0n) is 14.4. The van der Waals surface area contributed by atoms with Crippen LogP contribution in [0.3, 0.4) is 0 Å². The van der Waals surface area contributed by atoms with Gasteiger partial charge in [-0.3, -0.25) is 9.79 Å². The normalized spacial score (nSPS) is 17.5. The topological polar surface area (TPSA) is 56.7 Å². The molecule has 0 aliphatic carbocycles. The number of hydrogen-bond donors (Lipinski definition) is 2. The van der Waals surface area contributed by atoms with Crippen LogP contribution in [-0.2, 0) is 0 Å². The van der Waals surface area contributed by atoms with Crippen LogP contribution in [0.4, 0.5) is 0 Å². The third-order valence-corrected chi connectivity index (χ3v) is 5.38. The molecule has 0 unspecified atom stereocenters. The molecule has 2 rings (SSSR count). The van der Waals surface area contributed by atoms with Crippen molar-refractivity contribution in [1.29, 1.82) is 0 Å². The number of thioether (sulfide) groups is 1. The molecule has 1 aliphatic heterocycles. The van der Waals surface area contributed by atoms with Crippen molar-refractivity contribution in [2.75, 3.05) is 39.0 Å². The average molecular weight is 369 g/mol. The van der Waals surface area contributed by atoms with Gasteiger partial charge in [-0.15, -0.1) is 0 Å². The van der Waals surface area contributed by atoms with Gasteiger partial charge >= 0.3 is 0 Å². The Labute approximate surface area is 153 Å². The van der Waals surface area contributed by atoms with E-state index in [1.54, 1.807) is 25.2 Å². The minimum absolute atomic E-state index is 0.159. The van der Waals surface area contributed by atoms with Crippen LogP contribution in [0.2, 0.25) is 5.02 Å². The molecule has 1 aromatic rings. The zero-order valence-corrected chi connectivity index (χ0v) is 16.0. The number of nitrogens with one attached hydrogen (secondary N) is 2. The van der Waals surface area contributed by atoms with Crippen LogP contribution in [0.25, 0.3) is 0 Å². The van der Waals surface area contributed by atoms with Gasteiger partial charge in [0.05, 0.1) is 10.6 Å². The van der Waals surface area contributed by atoms with Gasteiger partial charge in [-0.25, -0.2) is 0 Å². The second-order valence-corrected chi connectivity index (χ2v) is 8.45. The fourth-order valence-electron chi connectivity index (χ4n) is 2.62. The summed E-state index contributed by atoms with van der Waals surface area (Å²) in [6, 6.07) is 7.05. The maximum absolute atomic E-state index is 12.1. The lowest BCUT2D eigenvalue weighted by Crippen LogP contribution is -2.51. The Morgan fingerprint density at radius 1 is 1.33 bits per heavy atom. The molecule has 0 atom stereocenters. The molecule has 0 bridgehead atoms. The van der Waals surface area contributed by atoms with Crippen LogP contribution in [0.15, 0.2) is 29.3 Å². The van der Waals surface area contributed by atoms with Gasteiger partial charge in [0.2, 0.25) is 0 Å². The molecule has 5 nitrogen and oxygen atoms in total. The Bertz CT molecular complexity index is 606. The zero-order chi connectivity index (χ0) is 17.6. The molecule has 24 heavy (non-hydrogen) atoms. The van der Waals surface area contributed by atoms with Crippen LogP contribution < -0.4 is 10.6 Å². The lowest BCUT2D eigenvalue weighted by atomic mass is 10.2. The number of amides is 1. The molecule has 1 amide bonds. The predicted octanol–water partition coefficient (Wildman–Crippen LogP) is 2.47. The van der Waals surface area contributed by atoms with Crippen molar-refractivity contribution in [3.8, 4) is 0 Å². The second-order valence-electron chi connectivity index (χ2n) is 6.24. The number of carbonyl (C=O) groups is 1. The van der Waals surface area contributed by atoms with Crippen LogP contribution in [-0.4, -0.2) is 60.5 Å². The van der Waals surface area contributed by atoms with Crippen LogP contribution >= 0.6 is 23.4 Å². The lowest BCUT2D eigenvalue weighted by Gasteiger charge is -2.39. The Kier molecular flexibility index (Phi) is 6.80. The van der Waals surface area contributed by atoms with Crippen molar-refractivity contribution in [1.82, 2.24) is 15.5 Å². The minimum Gasteiger partial charge on any atom is -0.354 e. The number of benzene rings is 1. The van der Waals surface area contributed by atoms with Gasteiger partial charge in [0.1, 0.15) is 0 Å². The molecule has 0 aromatic heterocycles. The first-order valence-electron chi connectivity index (χ1n) is 8.05. The summed E-state index contributed by atoms with van der Waals surface area (Å²) in [5.74, 6) is 1.82. The molecule has 1 fully saturated rings. The first-order valence-corrected chi connectivity index (χ1v) is 9.41. The number of rotatable bonds is 4. The summed E-state index contributed by atoms with van der Waals surface area (Å²) < 4.78 is 0.230. The Hall–Kier alpha value is -1.40. The molecule has 1 heterocycles. The molecule has 0 spiro atoms. The highest BCUT2D eigenvalue weighted by Crippen LogP contribution is 2.29. The molecule has 7 heteroatoms. The molecule has 0 radical (unpaired) electrons. The molecule has 0 saturated carbocycles. The van der Waals surface area contributed by atoms with E-state index in [2.05, 4.69) is 34.4 Å². The van der Waals surface area contributed by atoms with Gasteiger partial charge in [-0.1, -0.05) is 23.7 Å². The van der Waals surface area contributed by atoms with E-state index in [9.17, 15) is 4.79 Å². The maximum atomic E-state index is 12.1. The van der Waals surface area contributed by atoms with Gasteiger partial charge in [-0.2, -0.15) is 11.8 Å². The number of guanidine groups is 1. The maximum Gasteiger partial charge on any atom is 0.252 e. The van der Waals surface area contributed by atoms with Gasteiger partial charge in [0, 0.05) is 43.7 Å². The second kappa shape index (κ2) is 8.62. The number of aliphatic imine (C=N–C) groups is 1. The standard InChI is InChI=1S/C17H25ClN4OS/c1-17(2)12-22(10-11-24-17)16(19-3)21-9-8-20-15(23)13-6-4-5-7-14(13)18/h4-7H,8-12H2,1-3H3,(H,19,21)(H,20,23). The van der Waals surface area contributed by atoms with E-state index in [1.165, 1.54) is 0 Å². The molecule has 1 aromatic carbocycles. The van der Waals surface area contributed by atoms with Crippen LogP contribution in [0.5, 0.6) is 0 Å². The van der Waals surface area contributed by atoms with Crippen molar-refractivity contribution in [3.63, 3.8) is 0 Å². The number of nitrogens with zero attached hydrogens (tertiary/aromatic N) is 2. The predicted molar refractivity (Wildman–Crippen MR) is 103 cm³/mol. The number of halogens is 1. The van der Waals surface area contributed by atoms with E-state index in [4.69, 9.17) is 11.6 Å². The molecule has 1 aliphatic rings. The average Bonchev–Trinajstić information content (AvgIpc) is 2.54. The number of carbonyl (C=O) groups excluding carboxylic acids is 1. The van der Waals surface area contributed by atoms with Crippen molar-refractivity contribution in [2.45, 2.75) is 18.6 Å². The smallest absolute Gasteiger partial charge is 0.252 e. The highest BCUT2D eigenvalue weighted by atomic mass is 35.5. The molecule has 132 valence electrons. The monoisotopic (exact) mass is 368 g/mol. The third kappa shape index (κ3) is 5.31. The van der Waals surface area contributed by atoms with E-state index < -0.39 is 0 Å². The van der Waals surface area contributed by atoms with E-state index in [0.717, 1.165) is 24.8 Å². The van der Waals surface area contributed by atoms with Gasteiger partial charge in [-0.05, 0) is 26.0 Å². The van der Waals surface area contributed by atoms with E-state index in [0.29, 0.717) is 23.7 Å². The Balaban J connectivity index is 1.78. The minimum atomic E-state index is -0.159. The van der Waals surface area contributed by atoms with Gasteiger partial charge in [0.25, 0.3) is 5.91 Å². The highest BCUT2D eigenvalue weighted by Gasteiger charge is 2.28. The SMILES string of the molecule is CN=C(NCCNC(=O)c1ccccc1Cl)N1CCSC(C)(C)C1. The fraction of sp³-hybridized carbons (Fsp3) is 0.529. The summed E-state index contributed by atoms with van der Waals surface area (Å²) in [7, 11) is 1.79. The quantitative estimate of drug-likeness (QED) is 0.487. The number of hydrogen-bond acceptors (Lipinski definition) is 3. The van der Waals surface area contributed by atoms with Crippen molar-refractivity contribution >= 4 is 35.2 Å². The largest absolute Gasteiger partial charge is 0.354 e. The van der Waals surface area contributed by atoms with Crippen molar-refractivity contribution in [2.24, 2.45) is 4.99 Å². The summed E-state index contributed by atoms with van der Waals surface area (Å²) in [5, 5.41) is 6.66. The Morgan fingerprint density at radius 2 is 2.04 bits per heavy atom. The van der Waals surface area contributed by atoms with Gasteiger partial charge in [0.15, 0.2) is 5.96 Å². The Morgan fingerprint density at radius 3 is 2.71 bits per heavy atom. The highest BCUT2D eigenvalue weighted by molar-refractivity contribution is 8.00. The van der Waals surface area contributed by atoms with Crippen molar-refractivity contribution in [3.05, 3.63) is 34.9 Å². The fourth-order valence-corrected chi connectivity index (χ4v) is 3.95. The van der Waals surface area contributed by atoms with Crippen LogP contribution in [0.1, 0.15) is 24.2 Å². The van der Waals surface area contributed by atoms with Gasteiger partial charge < -0.3 is 15.5 Å². The van der Waals surface area contributed by atoms with Crippen LogP contribution in [0, 0.1) is 0 Å². The summed E-state index contributed by atoms with van der Waals surface area (Å²) in [6.07, 6.45) is 0. The first-order chi connectivity index (χ1) is 11.4.